The molecule has 3 nitrogen and oxygen atoms in total. The van der Waals surface area contributed by atoms with E-state index in [1.807, 2.05) is 0 Å². The van der Waals surface area contributed by atoms with Gasteiger partial charge in [0.25, 0.3) is 0 Å². The number of hydrogen-bond donors (Lipinski definition) is 0. The maximum atomic E-state index is 6.44. The minimum absolute atomic E-state index is 0.555. The molecule has 0 bridgehead atoms. The number of ether oxygens (including phenoxy) is 1. The Morgan fingerprint density at radius 2 is 2.15 bits per heavy atom. The molecule has 0 aliphatic carbocycles. The van der Waals surface area contributed by atoms with Crippen molar-refractivity contribution in [2.75, 3.05) is 12.4 Å². The van der Waals surface area contributed by atoms with Crippen molar-refractivity contribution in [3.8, 4) is 0 Å². The van der Waals surface area contributed by atoms with Crippen LogP contribution in [0.1, 0.15) is 23.6 Å². The van der Waals surface area contributed by atoms with E-state index in [2.05, 4.69) is 34.8 Å². The third-order valence-corrected chi connectivity index (χ3v) is 5.55. The summed E-state index contributed by atoms with van der Waals surface area (Å²) in [5.41, 5.74) is 4.46. The lowest BCUT2D eigenvalue weighted by Gasteiger charge is -2.22. The Balaban J connectivity index is 2.36. The van der Waals surface area contributed by atoms with Crippen LogP contribution in [0.15, 0.2) is 9.63 Å². The Hall–Kier alpha value is -0.360. The van der Waals surface area contributed by atoms with E-state index in [9.17, 15) is 0 Å². The number of aryl methyl sites for hydroxylation is 1. The number of thioether (sulfide) groups is 1. The standard InChI is InChI=1S/C14H14BrClN2OS/c1-3-20-14-17-12-7(2)11(15)9-6-19-5-4-8(9)10(12)13(16)18-14/h3-6H2,1-2H3. The molecule has 0 saturated carbocycles. The molecule has 106 valence electrons. The minimum Gasteiger partial charge on any atom is -0.376 e. The molecule has 20 heavy (non-hydrogen) atoms. The van der Waals surface area contributed by atoms with Gasteiger partial charge in [0.2, 0.25) is 0 Å². The van der Waals surface area contributed by atoms with Crippen molar-refractivity contribution < 1.29 is 4.74 Å². The number of nitrogens with zero attached hydrogens (tertiary/aromatic N) is 2. The smallest absolute Gasteiger partial charge is 0.189 e. The van der Waals surface area contributed by atoms with E-state index in [1.54, 1.807) is 11.8 Å². The number of rotatable bonds is 2. The van der Waals surface area contributed by atoms with Crippen LogP contribution < -0.4 is 0 Å². The van der Waals surface area contributed by atoms with Crippen molar-refractivity contribution >= 4 is 50.2 Å². The molecule has 1 aliphatic heterocycles. The van der Waals surface area contributed by atoms with Crippen LogP contribution in [0.3, 0.4) is 0 Å². The number of halogens is 2. The zero-order chi connectivity index (χ0) is 14.3. The van der Waals surface area contributed by atoms with E-state index in [-0.39, 0.29) is 0 Å². The lowest BCUT2D eigenvalue weighted by atomic mass is 9.96. The van der Waals surface area contributed by atoms with Crippen LogP contribution in [0, 0.1) is 6.92 Å². The van der Waals surface area contributed by atoms with E-state index in [0.717, 1.165) is 44.9 Å². The molecule has 1 aromatic carbocycles. The largest absolute Gasteiger partial charge is 0.376 e. The lowest BCUT2D eigenvalue weighted by molar-refractivity contribution is 0.110. The van der Waals surface area contributed by atoms with Crippen LogP contribution in [0.25, 0.3) is 10.9 Å². The van der Waals surface area contributed by atoms with E-state index < -0.39 is 0 Å². The third kappa shape index (κ3) is 2.34. The molecule has 0 fully saturated rings. The molecule has 6 heteroatoms. The summed E-state index contributed by atoms with van der Waals surface area (Å²) in [6.45, 7) is 5.48. The fourth-order valence-corrected chi connectivity index (χ4v) is 3.98. The molecule has 0 amide bonds. The van der Waals surface area contributed by atoms with Crippen LogP contribution in [0.4, 0.5) is 0 Å². The van der Waals surface area contributed by atoms with E-state index in [4.69, 9.17) is 21.3 Å². The van der Waals surface area contributed by atoms with E-state index in [1.165, 1.54) is 11.1 Å². The van der Waals surface area contributed by atoms with Crippen LogP contribution in [0.2, 0.25) is 5.15 Å². The number of fused-ring (bicyclic) bond motifs is 3. The van der Waals surface area contributed by atoms with Gasteiger partial charge in [-0.3, -0.25) is 0 Å². The first-order valence-electron chi connectivity index (χ1n) is 6.51. The van der Waals surface area contributed by atoms with Crippen LogP contribution in [-0.4, -0.2) is 22.3 Å². The molecule has 1 aliphatic rings. The molecule has 2 aromatic rings. The molecule has 0 N–H and O–H groups in total. The summed E-state index contributed by atoms with van der Waals surface area (Å²) in [6, 6.07) is 0. The lowest BCUT2D eigenvalue weighted by Crippen LogP contribution is -2.13. The quantitative estimate of drug-likeness (QED) is 0.440. The Morgan fingerprint density at radius 1 is 1.35 bits per heavy atom. The second-order valence-electron chi connectivity index (χ2n) is 4.65. The van der Waals surface area contributed by atoms with Crippen molar-refractivity contribution in [1.29, 1.82) is 0 Å². The fourth-order valence-electron chi connectivity index (χ4n) is 2.54. The highest BCUT2D eigenvalue weighted by Gasteiger charge is 2.22. The number of hydrogen-bond acceptors (Lipinski definition) is 4. The topological polar surface area (TPSA) is 35.0 Å². The van der Waals surface area contributed by atoms with Gasteiger partial charge < -0.3 is 4.74 Å². The summed E-state index contributed by atoms with van der Waals surface area (Å²) in [5.74, 6) is 0.931. The van der Waals surface area contributed by atoms with Crippen molar-refractivity contribution in [3.63, 3.8) is 0 Å². The van der Waals surface area contributed by atoms with Gasteiger partial charge in [0.05, 0.1) is 18.7 Å². The van der Waals surface area contributed by atoms with Crippen molar-refractivity contribution in [2.45, 2.75) is 32.0 Å². The summed E-state index contributed by atoms with van der Waals surface area (Å²) < 4.78 is 6.65. The molecule has 0 saturated heterocycles. The minimum atomic E-state index is 0.555. The van der Waals surface area contributed by atoms with Gasteiger partial charge in [-0.2, -0.15) is 0 Å². The second-order valence-corrected chi connectivity index (χ2v) is 7.03. The Labute approximate surface area is 135 Å². The first-order chi connectivity index (χ1) is 9.63. The van der Waals surface area contributed by atoms with Crippen LogP contribution in [-0.2, 0) is 17.8 Å². The predicted molar refractivity (Wildman–Crippen MR) is 86.7 cm³/mol. The van der Waals surface area contributed by atoms with E-state index >= 15 is 0 Å². The SMILES string of the molecule is CCSc1nc(Cl)c2c3c(c(Br)c(C)c2n1)COCC3. The maximum Gasteiger partial charge on any atom is 0.189 e. The molecule has 0 unspecified atom stereocenters. The molecule has 0 spiro atoms. The Morgan fingerprint density at radius 3 is 2.90 bits per heavy atom. The first kappa shape index (κ1) is 14.6. The zero-order valence-corrected chi connectivity index (χ0v) is 14.5. The third-order valence-electron chi connectivity index (χ3n) is 3.48. The van der Waals surface area contributed by atoms with Crippen LogP contribution in [0.5, 0.6) is 0 Å². The summed E-state index contributed by atoms with van der Waals surface area (Å²) in [5, 5.41) is 2.29. The average molecular weight is 374 g/mol. The Bertz CT molecular complexity index is 693. The highest BCUT2D eigenvalue weighted by atomic mass is 79.9. The van der Waals surface area contributed by atoms with Crippen LogP contribution >= 0.6 is 39.3 Å². The molecule has 0 radical (unpaired) electrons. The van der Waals surface area contributed by atoms with Gasteiger partial charge in [0.15, 0.2) is 5.16 Å². The number of aromatic nitrogens is 2. The highest BCUT2D eigenvalue weighted by molar-refractivity contribution is 9.10. The highest BCUT2D eigenvalue weighted by Crippen LogP contribution is 2.38. The second kappa shape index (κ2) is 5.79. The fraction of sp³-hybridized carbons (Fsp3) is 0.429. The molecule has 0 atom stereocenters. The summed E-state index contributed by atoms with van der Waals surface area (Å²) >= 11 is 11.7. The van der Waals surface area contributed by atoms with Gasteiger partial charge in [-0.25, -0.2) is 9.97 Å². The van der Waals surface area contributed by atoms with Gasteiger partial charge >= 0.3 is 0 Å². The van der Waals surface area contributed by atoms with Crippen molar-refractivity contribution in [1.82, 2.24) is 9.97 Å². The van der Waals surface area contributed by atoms with Gasteiger partial charge in [0.1, 0.15) is 5.15 Å². The molecular formula is C14H14BrClN2OS. The number of benzene rings is 1. The molecule has 1 aromatic heterocycles. The summed E-state index contributed by atoms with van der Waals surface area (Å²) in [4.78, 5) is 9.12. The maximum absolute atomic E-state index is 6.44. The van der Waals surface area contributed by atoms with Gasteiger partial charge in [-0.15, -0.1) is 0 Å². The monoisotopic (exact) mass is 372 g/mol. The predicted octanol–water partition coefficient (Wildman–Crippen LogP) is 4.54. The molecular weight excluding hydrogens is 360 g/mol. The first-order valence-corrected chi connectivity index (χ1v) is 8.66. The van der Waals surface area contributed by atoms with Crippen molar-refractivity contribution in [3.05, 3.63) is 26.3 Å². The van der Waals surface area contributed by atoms with Crippen molar-refractivity contribution in [2.24, 2.45) is 0 Å². The molecule has 3 rings (SSSR count). The van der Waals surface area contributed by atoms with Gasteiger partial charge in [0, 0.05) is 9.86 Å². The average Bonchev–Trinajstić information content (AvgIpc) is 2.44. The zero-order valence-electron chi connectivity index (χ0n) is 11.3. The molecule has 2 heterocycles. The summed E-state index contributed by atoms with van der Waals surface area (Å²) in [7, 11) is 0. The summed E-state index contributed by atoms with van der Waals surface area (Å²) in [6.07, 6.45) is 0.855. The van der Waals surface area contributed by atoms with E-state index in [0.29, 0.717) is 11.8 Å². The normalized spacial score (nSPS) is 14.6. The van der Waals surface area contributed by atoms with Gasteiger partial charge in [-0.05, 0) is 35.8 Å². The van der Waals surface area contributed by atoms with Gasteiger partial charge in [-0.1, -0.05) is 46.2 Å². The Kier molecular flexibility index (Phi) is 4.22.